The summed E-state index contributed by atoms with van der Waals surface area (Å²) in [6.45, 7) is 0.268. The number of ketones is 1. The number of carbonyl (C=O) groups is 1. The standard InChI is InChI=1S/C18H16N4O4S/c1-21-17(11-26-15-5-3-2-4-6-15)19-20-18(21)27-12-16(23)13-7-9-14(10-8-13)22(24)25/h2-10H,11-12H2,1H3. The van der Waals surface area contributed by atoms with Crippen LogP contribution in [0, 0.1) is 10.1 Å². The number of Topliss-reactive ketones (excluding diaryl/α,β-unsaturated/α-hetero) is 1. The van der Waals surface area contributed by atoms with Gasteiger partial charge in [-0.05, 0) is 24.3 Å². The Morgan fingerprint density at radius 2 is 1.85 bits per heavy atom. The van der Waals surface area contributed by atoms with Crippen LogP contribution in [0.4, 0.5) is 5.69 Å². The number of hydrogen-bond donors (Lipinski definition) is 0. The van der Waals surface area contributed by atoms with E-state index in [0.717, 1.165) is 5.75 Å². The molecule has 3 aromatic rings. The van der Waals surface area contributed by atoms with Gasteiger partial charge in [-0.1, -0.05) is 30.0 Å². The predicted molar refractivity (Wildman–Crippen MR) is 99.9 cm³/mol. The zero-order chi connectivity index (χ0) is 19.2. The topological polar surface area (TPSA) is 100 Å². The first kappa shape index (κ1) is 18.6. The molecular formula is C18H16N4O4S. The van der Waals surface area contributed by atoms with Gasteiger partial charge in [-0.2, -0.15) is 0 Å². The van der Waals surface area contributed by atoms with Crippen molar-refractivity contribution in [2.45, 2.75) is 11.8 Å². The second kappa shape index (κ2) is 8.45. The van der Waals surface area contributed by atoms with E-state index in [0.29, 0.717) is 16.5 Å². The predicted octanol–water partition coefficient (Wildman–Crippen LogP) is 3.28. The van der Waals surface area contributed by atoms with Crippen molar-refractivity contribution in [2.75, 3.05) is 5.75 Å². The largest absolute Gasteiger partial charge is 0.486 e. The normalized spacial score (nSPS) is 10.6. The average Bonchev–Trinajstić information content (AvgIpc) is 3.05. The second-order valence-electron chi connectivity index (χ2n) is 5.58. The quantitative estimate of drug-likeness (QED) is 0.254. The van der Waals surface area contributed by atoms with Gasteiger partial charge in [0.2, 0.25) is 0 Å². The van der Waals surface area contributed by atoms with E-state index in [2.05, 4.69) is 10.2 Å². The molecule has 3 rings (SSSR count). The van der Waals surface area contributed by atoms with Crippen LogP contribution in [0.3, 0.4) is 0 Å². The second-order valence-corrected chi connectivity index (χ2v) is 6.52. The van der Waals surface area contributed by atoms with E-state index in [-0.39, 0.29) is 23.8 Å². The Bertz CT molecular complexity index is 942. The third-order valence-corrected chi connectivity index (χ3v) is 4.79. The van der Waals surface area contributed by atoms with Crippen molar-refractivity contribution in [2.24, 2.45) is 7.05 Å². The molecule has 0 radical (unpaired) electrons. The lowest BCUT2D eigenvalue weighted by atomic mass is 10.1. The van der Waals surface area contributed by atoms with Crippen LogP contribution in [0.1, 0.15) is 16.2 Å². The summed E-state index contributed by atoms with van der Waals surface area (Å²) >= 11 is 1.25. The van der Waals surface area contributed by atoms with Crippen molar-refractivity contribution < 1.29 is 14.5 Å². The number of nitro groups is 1. The molecule has 0 aliphatic heterocycles. The monoisotopic (exact) mass is 384 g/mol. The molecule has 0 atom stereocenters. The highest BCUT2D eigenvalue weighted by Crippen LogP contribution is 2.20. The van der Waals surface area contributed by atoms with Crippen LogP contribution in [0.25, 0.3) is 0 Å². The van der Waals surface area contributed by atoms with Crippen LogP contribution >= 0.6 is 11.8 Å². The fourth-order valence-corrected chi connectivity index (χ4v) is 3.07. The first-order chi connectivity index (χ1) is 13.0. The van der Waals surface area contributed by atoms with Gasteiger partial charge in [0.15, 0.2) is 16.8 Å². The molecule has 0 amide bonds. The molecule has 9 heteroatoms. The molecule has 0 fully saturated rings. The van der Waals surface area contributed by atoms with Crippen molar-refractivity contribution in [3.05, 3.63) is 76.1 Å². The highest BCUT2D eigenvalue weighted by atomic mass is 32.2. The van der Waals surface area contributed by atoms with E-state index in [1.165, 1.54) is 36.0 Å². The van der Waals surface area contributed by atoms with Crippen LogP contribution in [0.15, 0.2) is 59.8 Å². The smallest absolute Gasteiger partial charge is 0.269 e. The van der Waals surface area contributed by atoms with Crippen molar-refractivity contribution >= 4 is 23.2 Å². The Kier molecular flexibility index (Phi) is 5.82. The number of non-ortho nitro benzene ring substituents is 1. The van der Waals surface area contributed by atoms with E-state index >= 15 is 0 Å². The summed E-state index contributed by atoms with van der Waals surface area (Å²) in [6, 6.07) is 14.9. The first-order valence-electron chi connectivity index (χ1n) is 8.01. The fourth-order valence-electron chi connectivity index (χ4n) is 2.24. The van der Waals surface area contributed by atoms with Crippen LogP contribution < -0.4 is 4.74 Å². The first-order valence-corrected chi connectivity index (χ1v) is 8.99. The van der Waals surface area contributed by atoms with Gasteiger partial charge < -0.3 is 9.30 Å². The molecule has 0 aliphatic carbocycles. The van der Waals surface area contributed by atoms with E-state index in [4.69, 9.17) is 4.74 Å². The Hall–Kier alpha value is -3.20. The average molecular weight is 384 g/mol. The minimum absolute atomic E-state index is 0.0458. The van der Waals surface area contributed by atoms with Crippen molar-refractivity contribution in [1.82, 2.24) is 14.8 Å². The van der Waals surface area contributed by atoms with Gasteiger partial charge in [-0.15, -0.1) is 10.2 Å². The minimum Gasteiger partial charge on any atom is -0.486 e. The number of nitrogens with zero attached hydrogens (tertiary/aromatic N) is 4. The molecular weight excluding hydrogens is 368 g/mol. The van der Waals surface area contributed by atoms with Crippen molar-refractivity contribution in [1.29, 1.82) is 0 Å². The lowest BCUT2D eigenvalue weighted by molar-refractivity contribution is -0.384. The van der Waals surface area contributed by atoms with Gasteiger partial charge in [0.25, 0.3) is 5.69 Å². The van der Waals surface area contributed by atoms with Crippen molar-refractivity contribution in [3.8, 4) is 5.75 Å². The molecule has 8 nitrogen and oxygen atoms in total. The molecule has 0 bridgehead atoms. The number of thioether (sulfide) groups is 1. The van der Waals surface area contributed by atoms with E-state index in [1.54, 1.807) is 4.57 Å². The number of benzene rings is 2. The molecule has 0 aliphatic rings. The number of rotatable bonds is 8. The Morgan fingerprint density at radius 1 is 1.15 bits per heavy atom. The highest BCUT2D eigenvalue weighted by Gasteiger charge is 2.14. The zero-order valence-electron chi connectivity index (χ0n) is 14.4. The van der Waals surface area contributed by atoms with E-state index < -0.39 is 4.92 Å². The lowest BCUT2D eigenvalue weighted by Gasteiger charge is -2.06. The highest BCUT2D eigenvalue weighted by molar-refractivity contribution is 7.99. The van der Waals surface area contributed by atoms with Gasteiger partial charge in [0.1, 0.15) is 12.4 Å². The van der Waals surface area contributed by atoms with E-state index in [9.17, 15) is 14.9 Å². The number of nitro benzene ring substituents is 1. The van der Waals surface area contributed by atoms with Crippen molar-refractivity contribution in [3.63, 3.8) is 0 Å². The maximum Gasteiger partial charge on any atom is 0.269 e. The van der Waals surface area contributed by atoms with Crippen LogP contribution in [0.5, 0.6) is 5.75 Å². The molecule has 0 unspecified atom stereocenters. The lowest BCUT2D eigenvalue weighted by Crippen LogP contribution is -2.06. The molecule has 0 saturated heterocycles. The molecule has 1 heterocycles. The maximum atomic E-state index is 12.3. The fraction of sp³-hybridized carbons (Fsp3) is 0.167. The Morgan fingerprint density at radius 3 is 2.52 bits per heavy atom. The third-order valence-electron chi connectivity index (χ3n) is 3.77. The summed E-state index contributed by atoms with van der Waals surface area (Å²) in [6.07, 6.45) is 0. The maximum absolute atomic E-state index is 12.3. The molecule has 138 valence electrons. The number of carbonyl (C=O) groups excluding carboxylic acids is 1. The summed E-state index contributed by atoms with van der Waals surface area (Å²) in [5, 5.41) is 19.4. The summed E-state index contributed by atoms with van der Waals surface area (Å²) < 4.78 is 7.43. The molecule has 1 aromatic heterocycles. The number of aromatic nitrogens is 3. The van der Waals surface area contributed by atoms with Gasteiger partial charge >= 0.3 is 0 Å². The molecule has 0 saturated carbocycles. The molecule has 27 heavy (non-hydrogen) atoms. The summed E-state index contributed by atoms with van der Waals surface area (Å²) in [5.41, 5.74) is 0.374. The Labute approximate surface area is 159 Å². The zero-order valence-corrected chi connectivity index (χ0v) is 15.3. The SMILES string of the molecule is Cn1c(COc2ccccc2)nnc1SCC(=O)c1ccc([N+](=O)[O-])cc1. The van der Waals surface area contributed by atoms with Gasteiger partial charge in [-0.3, -0.25) is 14.9 Å². The van der Waals surface area contributed by atoms with Gasteiger partial charge in [0, 0.05) is 24.7 Å². The number of hydrogen-bond acceptors (Lipinski definition) is 7. The van der Waals surface area contributed by atoms with Crippen LogP contribution in [-0.4, -0.2) is 31.2 Å². The number of para-hydroxylation sites is 1. The van der Waals surface area contributed by atoms with Gasteiger partial charge in [-0.25, -0.2) is 0 Å². The summed E-state index contributed by atoms with van der Waals surface area (Å²) in [4.78, 5) is 22.4. The summed E-state index contributed by atoms with van der Waals surface area (Å²) in [5.74, 6) is 1.40. The van der Waals surface area contributed by atoms with Crippen LogP contribution in [0.2, 0.25) is 0 Å². The molecule has 0 N–H and O–H groups in total. The van der Waals surface area contributed by atoms with E-state index in [1.807, 2.05) is 37.4 Å². The molecule has 0 spiro atoms. The molecule has 2 aromatic carbocycles. The third kappa shape index (κ3) is 4.70. The minimum atomic E-state index is -0.498. The summed E-state index contributed by atoms with van der Waals surface area (Å²) in [7, 11) is 1.81. The Balaban J connectivity index is 1.57. The van der Waals surface area contributed by atoms with Crippen LogP contribution in [-0.2, 0) is 13.7 Å². The number of ether oxygens (including phenoxy) is 1. The van der Waals surface area contributed by atoms with Gasteiger partial charge in [0.05, 0.1) is 10.7 Å².